The van der Waals surface area contributed by atoms with Gasteiger partial charge in [-0.2, -0.15) is 83.1 Å². The van der Waals surface area contributed by atoms with Crippen LogP contribution in [-0.4, -0.2) is 80.3 Å². The summed E-state index contributed by atoms with van der Waals surface area (Å²) < 4.78 is 258. The molecule has 0 unspecified atom stereocenters. The molecule has 0 aliphatic rings. The smallest absolute Gasteiger partial charge is 0.378 e. The molecule has 1 aromatic carbocycles. The number of benzene rings is 1. The first kappa shape index (κ1) is 37.7. The lowest BCUT2D eigenvalue weighted by Gasteiger charge is -2.42. The Labute approximate surface area is 226 Å². The fourth-order valence-corrected chi connectivity index (χ4v) is 3.51. The summed E-state index contributed by atoms with van der Waals surface area (Å²) in [6.45, 7) is -0.842. The number of ether oxygens (including phenoxy) is 1. The van der Waals surface area contributed by atoms with Gasteiger partial charge in [-0.1, -0.05) is 0 Å². The van der Waals surface area contributed by atoms with Gasteiger partial charge in [-0.25, -0.2) is 0 Å². The highest BCUT2D eigenvalue weighted by Gasteiger charge is 2.96. The van der Waals surface area contributed by atoms with E-state index in [1.807, 2.05) is 0 Å². The van der Waals surface area contributed by atoms with E-state index in [0.29, 0.717) is 12.1 Å². The molecule has 0 N–H and O–H groups in total. The topological polar surface area (TPSA) is 69.7 Å². The Balaban J connectivity index is 3.50. The van der Waals surface area contributed by atoms with E-state index in [0.717, 1.165) is 0 Å². The van der Waals surface area contributed by atoms with Crippen LogP contribution in [0.4, 0.5) is 74.6 Å². The molecule has 0 aliphatic carbocycles. The highest BCUT2D eigenvalue weighted by molar-refractivity contribution is 7.88. The van der Waals surface area contributed by atoms with Gasteiger partial charge in [-0.05, 0) is 24.3 Å². The molecule has 0 heterocycles. The second kappa shape index (κ2) is 11.3. The van der Waals surface area contributed by atoms with Crippen molar-refractivity contribution in [3.8, 4) is 5.75 Å². The third-order valence-electron chi connectivity index (χ3n) is 4.84. The zero-order chi connectivity index (χ0) is 33.6. The zero-order valence-electron chi connectivity index (χ0n) is 19.2. The number of rotatable bonds is 14. The lowest BCUT2D eigenvalue weighted by molar-refractivity contribution is -0.458. The molecule has 0 radical (unpaired) electrons. The van der Waals surface area contributed by atoms with Gasteiger partial charge in [0.05, 0.1) is 6.61 Å². The fourth-order valence-electron chi connectivity index (χ4n) is 2.48. The second-order valence-electron chi connectivity index (χ2n) is 7.69. The summed E-state index contributed by atoms with van der Waals surface area (Å²) in [6.07, 6.45) is -7.92. The first-order valence-electron chi connectivity index (χ1n) is 9.84. The number of ketones is 1. The molecule has 0 amide bonds. The Hall–Kier alpha value is -2.30. The predicted molar refractivity (Wildman–Crippen MR) is 103 cm³/mol. The minimum Gasteiger partial charge on any atom is -0.378 e. The summed E-state index contributed by atoms with van der Waals surface area (Å²) in [5.74, 6) is -54.8. The Morgan fingerprint density at radius 1 is 0.643 bits per heavy atom. The molecule has 0 fully saturated rings. The molecule has 42 heavy (non-hydrogen) atoms. The van der Waals surface area contributed by atoms with Crippen LogP contribution in [0.15, 0.2) is 24.3 Å². The number of carbonyl (C=O) groups excluding carboxylic acids is 1. The van der Waals surface area contributed by atoms with E-state index >= 15 is 0 Å². The second-order valence-corrected chi connectivity index (χ2v) is 9.65. The van der Waals surface area contributed by atoms with Crippen LogP contribution in [0.1, 0.15) is 10.4 Å². The maximum absolute atomic E-state index is 14.1. The van der Waals surface area contributed by atoms with E-state index in [1.165, 1.54) is 0 Å². The Morgan fingerprint density at radius 3 is 1.40 bits per heavy atom. The summed E-state index contributed by atoms with van der Waals surface area (Å²) in [5, 5.41) is -7.82. The number of alkyl halides is 18. The van der Waals surface area contributed by atoms with E-state index in [9.17, 15) is 87.8 Å². The van der Waals surface area contributed by atoms with E-state index in [1.54, 1.807) is 0 Å². The largest absolute Gasteiger partial charge is 0.460 e. The average molecular weight is 697 g/mol. The van der Waals surface area contributed by atoms with E-state index < -0.39 is 80.8 Å². The number of halogens is 18. The van der Waals surface area contributed by atoms with Crippen molar-refractivity contribution in [3.05, 3.63) is 29.8 Å². The Bertz CT molecular complexity index is 1230. The van der Waals surface area contributed by atoms with Crippen LogP contribution in [0, 0.1) is 0 Å². The molecule has 1 rings (SSSR count). The van der Waals surface area contributed by atoms with Crippen molar-refractivity contribution in [2.75, 3.05) is 19.1 Å². The van der Waals surface area contributed by atoms with Crippen molar-refractivity contribution in [1.29, 1.82) is 0 Å². The quantitative estimate of drug-likeness (QED) is 0.0704. The van der Waals surface area contributed by atoms with Crippen LogP contribution in [0.5, 0.6) is 5.75 Å². The first-order valence-corrected chi connectivity index (χ1v) is 11.8. The van der Waals surface area contributed by atoms with Gasteiger partial charge in [-0.3, -0.25) is 4.79 Å². The van der Waals surface area contributed by atoms with Gasteiger partial charge < -0.3 is 8.92 Å². The first-order chi connectivity index (χ1) is 18.4. The van der Waals surface area contributed by atoms with E-state index in [2.05, 4.69) is 4.18 Å². The number of hydrogen-bond donors (Lipinski definition) is 0. The van der Waals surface area contributed by atoms with Crippen molar-refractivity contribution in [3.63, 3.8) is 0 Å². The SMILES string of the molecule is O=C(COCCCl)c1ccc(OS(=O)(=O)C(F)(F)C(F)(F)C(F)(F)C(F)(F)C(F)(F)C(F)(F)C(F)(F)C(F)(F)F)cc1. The van der Waals surface area contributed by atoms with Crippen molar-refractivity contribution in [2.24, 2.45) is 0 Å². The standard InChI is InChI=1S/C18H10ClF17O5S/c19-5-6-40-7-10(37)8-1-3-9(4-2-8)41-42(38,39)18(35,36)16(30,31)14(26,27)12(22,23)11(20,21)13(24,25)15(28,29)17(32,33)34/h1-4H,5-7H2. The molecular formula is C18H10ClF17O5S. The molecule has 0 aromatic heterocycles. The normalized spacial score (nSPS) is 15.1. The molecule has 0 atom stereocenters. The van der Waals surface area contributed by atoms with Crippen molar-refractivity contribution in [2.45, 2.75) is 47.0 Å². The molecule has 0 bridgehead atoms. The van der Waals surface area contributed by atoms with Crippen LogP contribution >= 0.6 is 11.6 Å². The molecule has 0 saturated carbocycles. The van der Waals surface area contributed by atoms with Crippen molar-refractivity contribution >= 4 is 27.5 Å². The minimum absolute atomic E-state index is 0.0815. The van der Waals surface area contributed by atoms with Gasteiger partial charge in [0.1, 0.15) is 12.4 Å². The van der Waals surface area contributed by atoms with Crippen LogP contribution in [0.3, 0.4) is 0 Å². The summed E-state index contributed by atoms with van der Waals surface area (Å²) in [5.41, 5.74) is -0.434. The van der Waals surface area contributed by atoms with Crippen LogP contribution in [-0.2, 0) is 14.9 Å². The maximum Gasteiger partial charge on any atom is 0.460 e. The Kier molecular flexibility index (Phi) is 10.2. The number of Topliss-reactive ketones (excluding diaryl/α,β-unsaturated/α-hetero) is 1. The molecule has 244 valence electrons. The lowest BCUT2D eigenvalue weighted by Crippen LogP contribution is -2.75. The molecule has 24 heteroatoms. The molecule has 0 aliphatic heterocycles. The summed E-state index contributed by atoms with van der Waals surface area (Å²) in [6, 6.07) is 1.42. The fraction of sp³-hybridized carbons (Fsp3) is 0.611. The molecule has 1 aromatic rings. The zero-order valence-corrected chi connectivity index (χ0v) is 20.8. The van der Waals surface area contributed by atoms with Crippen LogP contribution in [0.2, 0.25) is 0 Å². The number of carbonyl (C=O) groups is 1. The predicted octanol–water partition coefficient (Wildman–Crippen LogP) is 6.80. The molecule has 0 spiro atoms. The van der Waals surface area contributed by atoms with Gasteiger partial charge in [0.15, 0.2) is 5.78 Å². The highest BCUT2D eigenvalue weighted by Crippen LogP contribution is 2.64. The minimum atomic E-state index is -8.95. The van der Waals surface area contributed by atoms with Gasteiger partial charge in [0.25, 0.3) is 0 Å². The van der Waals surface area contributed by atoms with E-state index in [-0.39, 0.29) is 24.6 Å². The van der Waals surface area contributed by atoms with Crippen molar-refractivity contribution < 1.29 is 96.8 Å². The van der Waals surface area contributed by atoms with Crippen LogP contribution < -0.4 is 4.18 Å². The monoisotopic (exact) mass is 696 g/mol. The maximum atomic E-state index is 14.1. The summed E-state index contributed by atoms with van der Waals surface area (Å²) in [7, 11) is -7.78. The molecule has 0 saturated heterocycles. The van der Waals surface area contributed by atoms with Crippen LogP contribution in [0.25, 0.3) is 0 Å². The summed E-state index contributed by atoms with van der Waals surface area (Å²) >= 11 is 5.26. The number of hydrogen-bond acceptors (Lipinski definition) is 5. The van der Waals surface area contributed by atoms with Crippen molar-refractivity contribution in [1.82, 2.24) is 0 Å². The Morgan fingerprint density at radius 2 is 1.02 bits per heavy atom. The average Bonchev–Trinajstić information content (AvgIpc) is 2.82. The molecule has 5 nitrogen and oxygen atoms in total. The lowest BCUT2D eigenvalue weighted by atomic mass is 9.91. The van der Waals surface area contributed by atoms with Gasteiger partial charge in [0.2, 0.25) is 0 Å². The van der Waals surface area contributed by atoms with Gasteiger partial charge >= 0.3 is 57.1 Å². The third kappa shape index (κ3) is 5.78. The summed E-state index contributed by atoms with van der Waals surface area (Å²) in [4.78, 5) is 11.8. The van der Waals surface area contributed by atoms with E-state index in [4.69, 9.17) is 16.3 Å². The highest BCUT2D eigenvalue weighted by atomic mass is 35.5. The van der Waals surface area contributed by atoms with Gasteiger partial charge in [0, 0.05) is 11.4 Å². The van der Waals surface area contributed by atoms with Gasteiger partial charge in [-0.15, -0.1) is 11.6 Å². The molecular weight excluding hydrogens is 687 g/mol. The third-order valence-corrected chi connectivity index (χ3v) is 6.29.